The zero-order valence-electron chi connectivity index (χ0n) is 17.2. The zero-order chi connectivity index (χ0) is 19.6. The van der Waals surface area contributed by atoms with E-state index in [1.165, 1.54) is 4.88 Å². The summed E-state index contributed by atoms with van der Waals surface area (Å²) in [7, 11) is 0. The van der Waals surface area contributed by atoms with Gasteiger partial charge in [-0.15, -0.1) is 11.3 Å². The first-order valence-electron chi connectivity index (χ1n) is 10.0. The minimum atomic E-state index is 0.112. The van der Waals surface area contributed by atoms with Crippen LogP contribution in [0.15, 0.2) is 22.5 Å². The van der Waals surface area contributed by atoms with E-state index in [4.69, 9.17) is 4.99 Å². The average molecular weight is 394 g/mol. The second kappa shape index (κ2) is 11.3. The number of piperazine rings is 1. The van der Waals surface area contributed by atoms with E-state index in [-0.39, 0.29) is 11.9 Å². The van der Waals surface area contributed by atoms with E-state index in [1.54, 1.807) is 0 Å². The molecule has 0 saturated carbocycles. The summed E-state index contributed by atoms with van der Waals surface area (Å²) in [5, 5.41) is 8.53. The molecule has 0 bridgehead atoms. The highest BCUT2D eigenvalue weighted by Gasteiger charge is 2.21. The number of hydrogen-bond donors (Lipinski definition) is 2. The minimum absolute atomic E-state index is 0.112. The second-order valence-corrected chi connectivity index (χ2v) is 8.60. The molecule has 1 amide bonds. The maximum atomic E-state index is 11.9. The molecule has 152 valence electrons. The highest BCUT2D eigenvalue weighted by Crippen LogP contribution is 2.14. The van der Waals surface area contributed by atoms with Gasteiger partial charge in [-0.05, 0) is 44.6 Å². The van der Waals surface area contributed by atoms with Crippen LogP contribution in [-0.4, -0.2) is 73.5 Å². The summed E-state index contributed by atoms with van der Waals surface area (Å²) < 4.78 is 0. The van der Waals surface area contributed by atoms with Crippen molar-refractivity contribution in [3.05, 3.63) is 22.4 Å². The number of carbonyl (C=O) groups excluding carboxylic acids is 1. The predicted molar refractivity (Wildman–Crippen MR) is 114 cm³/mol. The Hall–Kier alpha value is -1.60. The molecule has 1 atom stereocenters. The lowest BCUT2D eigenvalue weighted by atomic mass is 10.1. The average Bonchev–Trinajstić information content (AvgIpc) is 3.11. The number of thiophene rings is 1. The number of aliphatic imine (C=N–C) groups is 1. The first kappa shape index (κ1) is 21.7. The fourth-order valence-electron chi connectivity index (χ4n) is 3.19. The van der Waals surface area contributed by atoms with Gasteiger partial charge in [0.25, 0.3) is 0 Å². The SMILES string of the molecule is CCNC(=NCC(C)Cc1cccs1)N1CCN(CC(=O)NC(C)C)CC1. The molecule has 0 spiro atoms. The topological polar surface area (TPSA) is 60.0 Å². The van der Waals surface area contributed by atoms with E-state index in [0.717, 1.165) is 51.6 Å². The fraction of sp³-hybridized carbons (Fsp3) is 0.700. The highest BCUT2D eigenvalue weighted by molar-refractivity contribution is 7.09. The molecule has 1 saturated heterocycles. The van der Waals surface area contributed by atoms with Crippen molar-refractivity contribution >= 4 is 23.2 Å². The van der Waals surface area contributed by atoms with Crippen molar-refractivity contribution in [2.75, 3.05) is 45.8 Å². The number of rotatable bonds is 8. The number of guanidine groups is 1. The largest absolute Gasteiger partial charge is 0.357 e. The molecule has 1 aromatic rings. The number of nitrogens with one attached hydrogen (secondary N) is 2. The number of carbonyl (C=O) groups is 1. The molecule has 2 N–H and O–H groups in total. The maximum absolute atomic E-state index is 11.9. The Kier molecular flexibility index (Phi) is 9.07. The molecular formula is C20H35N5OS. The lowest BCUT2D eigenvalue weighted by Crippen LogP contribution is -2.54. The van der Waals surface area contributed by atoms with E-state index >= 15 is 0 Å². The third kappa shape index (κ3) is 7.89. The molecule has 1 unspecified atom stereocenters. The first-order chi connectivity index (χ1) is 13.0. The summed E-state index contributed by atoms with van der Waals surface area (Å²) in [5.74, 6) is 1.64. The summed E-state index contributed by atoms with van der Waals surface area (Å²) in [6.07, 6.45) is 1.08. The van der Waals surface area contributed by atoms with Gasteiger partial charge in [-0.2, -0.15) is 0 Å². The summed E-state index contributed by atoms with van der Waals surface area (Å²) in [4.78, 5) is 22.8. The molecule has 7 heteroatoms. The Balaban J connectivity index is 1.81. The van der Waals surface area contributed by atoms with Gasteiger partial charge < -0.3 is 15.5 Å². The van der Waals surface area contributed by atoms with Crippen molar-refractivity contribution in [1.29, 1.82) is 0 Å². The van der Waals surface area contributed by atoms with E-state index in [2.05, 4.69) is 51.8 Å². The van der Waals surface area contributed by atoms with Gasteiger partial charge >= 0.3 is 0 Å². The van der Waals surface area contributed by atoms with Crippen LogP contribution in [0.1, 0.15) is 32.6 Å². The van der Waals surface area contributed by atoms with Gasteiger partial charge in [-0.1, -0.05) is 13.0 Å². The molecule has 0 aromatic carbocycles. The van der Waals surface area contributed by atoms with Crippen LogP contribution >= 0.6 is 11.3 Å². The van der Waals surface area contributed by atoms with Gasteiger partial charge in [0.1, 0.15) is 0 Å². The van der Waals surface area contributed by atoms with Crippen LogP contribution in [0.4, 0.5) is 0 Å². The van der Waals surface area contributed by atoms with Crippen molar-refractivity contribution in [3.8, 4) is 0 Å². The van der Waals surface area contributed by atoms with Gasteiger partial charge in [0.2, 0.25) is 5.91 Å². The molecule has 2 heterocycles. The number of amides is 1. The summed E-state index contributed by atoms with van der Waals surface area (Å²) in [6, 6.07) is 4.51. The first-order valence-corrected chi connectivity index (χ1v) is 10.9. The highest BCUT2D eigenvalue weighted by atomic mass is 32.1. The second-order valence-electron chi connectivity index (χ2n) is 7.57. The van der Waals surface area contributed by atoms with Crippen LogP contribution in [0, 0.1) is 5.92 Å². The molecular weight excluding hydrogens is 358 g/mol. The van der Waals surface area contributed by atoms with Crippen molar-refractivity contribution < 1.29 is 4.79 Å². The smallest absolute Gasteiger partial charge is 0.234 e. The summed E-state index contributed by atoms with van der Waals surface area (Å²) >= 11 is 1.82. The molecule has 1 aliphatic rings. The van der Waals surface area contributed by atoms with Crippen molar-refractivity contribution in [2.24, 2.45) is 10.9 Å². The van der Waals surface area contributed by atoms with Crippen LogP contribution in [0.25, 0.3) is 0 Å². The minimum Gasteiger partial charge on any atom is -0.357 e. The van der Waals surface area contributed by atoms with Gasteiger partial charge in [0.05, 0.1) is 6.54 Å². The van der Waals surface area contributed by atoms with E-state index in [1.807, 2.05) is 25.2 Å². The summed E-state index contributed by atoms with van der Waals surface area (Å²) in [5.41, 5.74) is 0. The van der Waals surface area contributed by atoms with Gasteiger partial charge in [-0.25, -0.2) is 0 Å². The molecule has 1 fully saturated rings. The molecule has 2 rings (SSSR count). The Labute approximate surface area is 168 Å². The van der Waals surface area contributed by atoms with Crippen molar-refractivity contribution in [2.45, 2.75) is 40.2 Å². The van der Waals surface area contributed by atoms with Crippen molar-refractivity contribution in [1.82, 2.24) is 20.4 Å². The molecule has 0 radical (unpaired) electrons. The van der Waals surface area contributed by atoms with E-state index < -0.39 is 0 Å². The lowest BCUT2D eigenvalue weighted by molar-refractivity contribution is -0.123. The van der Waals surface area contributed by atoms with Crippen LogP contribution in [0.2, 0.25) is 0 Å². The molecule has 0 aliphatic carbocycles. The van der Waals surface area contributed by atoms with Crippen LogP contribution in [0.3, 0.4) is 0 Å². The van der Waals surface area contributed by atoms with Gasteiger partial charge in [0, 0.05) is 50.2 Å². The molecule has 27 heavy (non-hydrogen) atoms. The van der Waals surface area contributed by atoms with E-state index in [0.29, 0.717) is 12.5 Å². The van der Waals surface area contributed by atoms with Crippen LogP contribution in [-0.2, 0) is 11.2 Å². The fourth-order valence-corrected chi connectivity index (χ4v) is 4.06. The Morgan fingerprint density at radius 2 is 2.00 bits per heavy atom. The Morgan fingerprint density at radius 1 is 1.26 bits per heavy atom. The van der Waals surface area contributed by atoms with Crippen LogP contribution < -0.4 is 10.6 Å². The van der Waals surface area contributed by atoms with Crippen molar-refractivity contribution in [3.63, 3.8) is 0 Å². The maximum Gasteiger partial charge on any atom is 0.234 e. The third-order valence-corrected chi connectivity index (χ3v) is 5.40. The lowest BCUT2D eigenvalue weighted by Gasteiger charge is -2.36. The van der Waals surface area contributed by atoms with E-state index in [9.17, 15) is 4.79 Å². The van der Waals surface area contributed by atoms with Crippen LogP contribution in [0.5, 0.6) is 0 Å². The third-order valence-electron chi connectivity index (χ3n) is 4.51. The number of nitrogens with zero attached hydrogens (tertiary/aromatic N) is 3. The normalized spacial score (nSPS) is 17.2. The number of hydrogen-bond acceptors (Lipinski definition) is 4. The summed E-state index contributed by atoms with van der Waals surface area (Å²) in [6.45, 7) is 14.1. The quantitative estimate of drug-likeness (QED) is 0.524. The molecule has 6 nitrogen and oxygen atoms in total. The predicted octanol–water partition coefficient (Wildman–Crippen LogP) is 2.03. The standard InChI is InChI=1S/C20H35N5OS/c1-5-21-20(22-14-17(4)13-18-7-6-12-27-18)25-10-8-24(9-11-25)15-19(26)23-16(2)3/h6-7,12,16-17H,5,8-11,13-15H2,1-4H3,(H,21,22)(H,23,26). The Bertz CT molecular complexity index is 579. The Morgan fingerprint density at radius 3 is 2.59 bits per heavy atom. The molecule has 1 aromatic heterocycles. The molecule has 1 aliphatic heterocycles. The monoisotopic (exact) mass is 393 g/mol. The van der Waals surface area contributed by atoms with Gasteiger partial charge in [-0.3, -0.25) is 14.7 Å². The van der Waals surface area contributed by atoms with Gasteiger partial charge in [0.15, 0.2) is 5.96 Å². The zero-order valence-corrected chi connectivity index (χ0v) is 18.0.